The molecule has 1 amide bonds. The molecule has 1 saturated heterocycles. The molecule has 5 rings (SSSR count). The Morgan fingerprint density at radius 2 is 1.81 bits per heavy atom. The largest absolute Gasteiger partial charge is 0.391 e. The molecule has 1 aliphatic heterocycles. The minimum absolute atomic E-state index is 0.271. The fourth-order valence-electron chi connectivity index (χ4n) is 7.28. The molecular weight excluding hydrogens is 262 g/mol. The summed E-state index contributed by atoms with van der Waals surface area (Å²) in [5.41, 5.74) is 1.24. The second kappa shape index (κ2) is 4.24. The summed E-state index contributed by atoms with van der Waals surface area (Å²) in [7, 11) is 0. The van der Waals surface area contributed by atoms with Crippen molar-refractivity contribution in [3.05, 3.63) is 0 Å². The van der Waals surface area contributed by atoms with Gasteiger partial charge in [-0.1, -0.05) is 13.8 Å². The molecule has 0 aromatic carbocycles. The molecule has 0 radical (unpaired) electrons. The van der Waals surface area contributed by atoms with Gasteiger partial charge in [-0.05, 0) is 67.1 Å². The van der Waals surface area contributed by atoms with Crippen molar-refractivity contribution in [2.24, 2.45) is 22.2 Å². The van der Waals surface area contributed by atoms with Crippen molar-refractivity contribution in [3.8, 4) is 0 Å². The lowest BCUT2D eigenvalue weighted by atomic mass is 9.40. The first kappa shape index (κ1) is 14.0. The number of rotatable bonds is 2. The third-order valence-corrected chi connectivity index (χ3v) is 6.78. The molecule has 0 spiro atoms. The van der Waals surface area contributed by atoms with Gasteiger partial charge in [-0.3, -0.25) is 4.79 Å². The van der Waals surface area contributed by atoms with Crippen LogP contribution in [0.15, 0.2) is 0 Å². The van der Waals surface area contributed by atoms with E-state index in [-0.39, 0.29) is 11.5 Å². The predicted octanol–water partition coefficient (Wildman–Crippen LogP) is 2.97. The van der Waals surface area contributed by atoms with Gasteiger partial charge in [0.25, 0.3) is 0 Å². The third-order valence-electron chi connectivity index (χ3n) is 6.78. The third kappa shape index (κ3) is 2.32. The Morgan fingerprint density at radius 1 is 1.14 bits per heavy atom. The van der Waals surface area contributed by atoms with Crippen molar-refractivity contribution in [2.75, 3.05) is 13.1 Å². The number of nitrogens with zero attached hydrogens (tertiary/aromatic N) is 1. The smallest absolute Gasteiger partial charge is 0.223 e. The van der Waals surface area contributed by atoms with E-state index in [1.165, 1.54) is 38.5 Å². The van der Waals surface area contributed by atoms with Gasteiger partial charge >= 0.3 is 0 Å². The van der Waals surface area contributed by atoms with Crippen LogP contribution < -0.4 is 0 Å². The lowest BCUT2D eigenvalue weighted by Gasteiger charge is -2.65. The highest BCUT2D eigenvalue weighted by molar-refractivity contribution is 5.77. The Hall–Kier alpha value is -0.570. The highest BCUT2D eigenvalue weighted by Crippen LogP contribution is 2.70. The minimum Gasteiger partial charge on any atom is -0.391 e. The van der Waals surface area contributed by atoms with Crippen LogP contribution in [0.3, 0.4) is 0 Å². The van der Waals surface area contributed by atoms with Crippen LogP contribution in [0, 0.1) is 22.2 Å². The molecule has 0 aromatic rings. The van der Waals surface area contributed by atoms with Crippen molar-refractivity contribution >= 4 is 5.91 Å². The number of aliphatic hydroxyl groups excluding tert-OH is 1. The molecule has 118 valence electrons. The van der Waals surface area contributed by atoms with E-state index in [1.807, 2.05) is 4.90 Å². The van der Waals surface area contributed by atoms with Crippen molar-refractivity contribution in [1.82, 2.24) is 4.90 Å². The number of carbonyl (C=O) groups is 1. The number of hydrogen-bond acceptors (Lipinski definition) is 2. The topological polar surface area (TPSA) is 40.5 Å². The van der Waals surface area contributed by atoms with Gasteiger partial charge in [0.15, 0.2) is 0 Å². The Labute approximate surface area is 128 Å². The Balaban J connectivity index is 1.53. The van der Waals surface area contributed by atoms with Gasteiger partial charge in [0.05, 0.1) is 6.10 Å². The van der Waals surface area contributed by atoms with Crippen LogP contribution in [0.2, 0.25) is 0 Å². The van der Waals surface area contributed by atoms with E-state index in [0.29, 0.717) is 23.3 Å². The maximum atomic E-state index is 12.7. The molecule has 2 unspecified atom stereocenters. The standard InChI is InChI=1S/C18H29NO2/c1-16-5-13-6-17(2,10-16)12-18(7-13,11-16)8-15(21)19-4-3-14(20)9-19/h13-14,20H,3-12H2,1-2H3/t13?,14-,16?,17?,18?/m0/s1. The molecule has 4 aliphatic carbocycles. The average Bonchev–Trinajstić information content (AvgIpc) is 2.70. The Morgan fingerprint density at radius 3 is 2.33 bits per heavy atom. The summed E-state index contributed by atoms with van der Waals surface area (Å²) < 4.78 is 0. The normalized spacial score (nSPS) is 51.7. The molecule has 4 saturated carbocycles. The first-order valence-electron chi connectivity index (χ1n) is 8.75. The maximum Gasteiger partial charge on any atom is 0.223 e. The van der Waals surface area contributed by atoms with E-state index in [9.17, 15) is 9.90 Å². The quantitative estimate of drug-likeness (QED) is 0.849. The Kier molecular flexibility index (Phi) is 2.84. The zero-order valence-corrected chi connectivity index (χ0v) is 13.5. The highest BCUT2D eigenvalue weighted by Gasteiger charge is 2.60. The molecule has 3 nitrogen and oxygen atoms in total. The van der Waals surface area contributed by atoms with Gasteiger partial charge in [0.2, 0.25) is 5.91 Å². The number of β-amino-alcohol motifs (C(OH)–C–C–N with tert-alkyl or cyclic N) is 1. The highest BCUT2D eigenvalue weighted by atomic mass is 16.3. The number of carbonyl (C=O) groups excluding carboxylic acids is 1. The lowest BCUT2D eigenvalue weighted by Crippen LogP contribution is -2.56. The van der Waals surface area contributed by atoms with Gasteiger partial charge < -0.3 is 10.0 Å². The zero-order valence-electron chi connectivity index (χ0n) is 13.5. The first-order chi connectivity index (χ1) is 9.79. The molecule has 1 N–H and O–H groups in total. The number of aliphatic hydroxyl groups is 1. The summed E-state index contributed by atoms with van der Waals surface area (Å²) in [5, 5.41) is 9.67. The number of likely N-dealkylation sites (tertiary alicyclic amines) is 1. The first-order valence-corrected chi connectivity index (χ1v) is 8.75. The van der Waals surface area contributed by atoms with Crippen LogP contribution in [0.1, 0.15) is 65.2 Å². The summed E-state index contributed by atoms with van der Waals surface area (Å²) in [6, 6.07) is 0. The monoisotopic (exact) mass is 291 g/mol. The fraction of sp³-hybridized carbons (Fsp3) is 0.944. The zero-order chi connectivity index (χ0) is 14.9. The van der Waals surface area contributed by atoms with E-state index < -0.39 is 0 Å². The average molecular weight is 291 g/mol. The van der Waals surface area contributed by atoms with E-state index >= 15 is 0 Å². The molecular formula is C18H29NO2. The summed E-state index contributed by atoms with van der Waals surface area (Å²) in [6.07, 6.45) is 9.15. The fourth-order valence-corrected chi connectivity index (χ4v) is 7.28. The van der Waals surface area contributed by atoms with Crippen molar-refractivity contribution in [1.29, 1.82) is 0 Å². The molecule has 5 fully saturated rings. The van der Waals surface area contributed by atoms with E-state index in [4.69, 9.17) is 0 Å². The molecule has 4 bridgehead atoms. The van der Waals surface area contributed by atoms with Crippen LogP contribution >= 0.6 is 0 Å². The molecule has 5 aliphatic rings. The van der Waals surface area contributed by atoms with Crippen LogP contribution in [-0.2, 0) is 4.79 Å². The summed E-state index contributed by atoms with van der Waals surface area (Å²) >= 11 is 0. The summed E-state index contributed by atoms with van der Waals surface area (Å²) in [4.78, 5) is 14.6. The number of hydrogen-bond donors (Lipinski definition) is 1. The molecule has 21 heavy (non-hydrogen) atoms. The van der Waals surface area contributed by atoms with Gasteiger partial charge in [0, 0.05) is 19.5 Å². The predicted molar refractivity (Wildman–Crippen MR) is 81.7 cm³/mol. The van der Waals surface area contributed by atoms with Crippen molar-refractivity contribution < 1.29 is 9.90 Å². The maximum absolute atomic E-state index is 12.7. The minimum atomic E-state index is -0.291. The van der Waals surface area contributed by atoms with Crippen molar-refractivity contribution in [2.45, 2.75) is 71.3 Å². The molecule has 1 heterocycles. The van der Waals surface area contributed by atoms with Crippen LogP contribution in [0.5, 0.6) is 0 Å². The summed E-state index contributed by atoms with van der Waals surface area (Å²) in [6.45, 7) is 6.25. The van der Waals surface area contributed by atoms with Crippen LogP contribution in [0.25, 0.3) is 0 Å². The van der Waals surface area contributed by atoms with Gasteiger partial charge in [-0.15, -0.1) is 0 Å². The van der Waals surface area contributed by atoms with Crippen LogP contribution in [-0.4, -0.2) is 35.1 Å². The SMILES string of the molecule is CC12CC3CC(C)(C1)CC(CC(=O)N1CC[C@H](O)C1)(C3)C2. The van der Waals surface area contributed by atoms with Crippen LogP contribution in [0.4, 0.5) is 0 Å². The summed E-state index contributed by atoms with van der Waals surface area (Å²) in [5.74, 6) is 1.16. The van der Waals surface area contributed by atoms with Crippen molar-refractivity contribution in [3.63, 3.8) is 0 Å². The van der Waals surface area contributed by atoms with Gasteiger partial charge in [0.1, 0.15) is 0 Å². The second-order valence-electron chi connectivity index (χ2n) is 9.59. The molecule has 3 atom stereocenters. The second-order valence-corrected chi connectivity index (χ2v) is 9.59. The van der Waals surface area contributed by atoms with E-state index in [2.05, 4.69) is 13.8 Å². The molecule has 0 aromatic heterocycles. The Bertz CT molecular complexity index is 456. The number of amides is 1. The van der Waals surface area contributed by atoms with Gasteiger partial charge in [-0.25, -0.2) is 0 Å². The van der Waals surface area contributed by atoms with E-state index in [1.54, 1.807) is 0 Å². The van der Waals surface area contributed by atoms with E-state index in [0.717, 1.165) is 25.3 Å². The lowest BCUT2D eigenvalue weighted by molar-refractivity contribution is -0.160. The molecule has 3 heteroatoms. The van der Waals surface area contributed by atoms with Gasteiger partial charge in [-0.2, -0.15) is 0 Å².